The van der Waals surface area contributed by atoms with Crippen molar-refractivity contribution in [3.63, 3.8) is 0 Å². The predicted octanol–water partition coefficient (Wildman–Crippen LogP) is 2.63. The number of aromatic hydroxyl groups is 1. The molecule has 0 fully saturated rings. The summed E-state index contributed by atoms with van der Waals surface area (Å²) in [5.74, 6) is -0.942. The third-order valence-electron chi connectivity index (χ3n) is 3.97. The molecule has 3 N–H and O–H groups in total. The largest absolute Gasteiger partial charge is 0.872 e. The summed E-state index contributed by atoms with van der Waals surface area (Å²) >= 11 is 0. The molecule has 2 aromatic rings. The molecule has 0 atom stereocenters. The van der Waals surface area contributed by atoms with Gasteiger partial charge in [0.15, 0.2) is 5.76 Å². The zero-order valence-electron chi connectivity index (χ0n) is 14.3. The monoisotopic (exact) mass is 371 g/mol. The number of phenols is 1. The Balaban J connectivity index is 2.03. The van der Waals surface area contributed by atoms with E-state index < -0.39 is 16.6 Å². The summed E-state index contributed by atoms with van der Waals surface area (Å²) in [5.41, 5.74) is -0.0117. The van der Waals surface area contributed by atoms with Gasteiger partial charge in [0.25, 0.3) is 5.69 Å². The Morgan fingerprint density at radius 1 is 1.26 bits per heavy atom. The number of nitro groups is 1. The summed E-state index contributed by atoms with van der Waals surface area (Å²) in [6.07, 6.45) is 0. The highest BCUT2D eigenvalue weighted by molar-refractivity contribution is 5.74. The van der Waals surface area contributed by atoms with Gasteiger partial charge in [0.2, 0.25) is 5.88 Å². The van der Waals surface area contributed by atoms with Crippen LogP contribution < -0.4 is 19.9 Å². The van der Waals surface area contributed by atoms with E-state index >= 15 is 0 Å². The molecule has 140 valence electrons. The maximum Gasteiger partial charge on any atom is 0.296 e. The second-order valence-electron chi connectivity index (χ2n) is 5.68. The van der Waals surface area contributed by atoms with Crippen molar-refractivity contribution < 1.29 is 29.7 Å². The number of hydrogen-bond donors (Lipinski definition) is 3. The lowest BCUT2D eigenvalue weighted by atomic mass is 10.0. The van der Waals surface area contributed by atoms with Crippen molar-refractivity contribution >= 4 is 17.1 Å². The fourth-order valence-electron chi connectivity index (χ4n) is 2.58. The van der Waals surface area contributed by atoms with Gasteiger partial charge in [0.05, 0.1) is 18.1 Å². The quantitative estimate of drug-likeness (QED) is 0.424. The first-order valence-electron chi connectivity index (χ1n) is 7.74. The Morgan fingerprint density at radius 3 is 2.67 bits per heavy atom. The zero-order valence-corrected chi connectivity index (χ0v) is 14.3. The minimum Gasteiger partial charge on any atom is -0.872 e. The lowest BCUT2D eigenvalue weighted by molar-refractivity contribution is -0.384. The third kappa shape index (κ3) is 3.30. The van der Waals surface area contributed by atoms with Crippen LogP contribution in [0.5, 0.6) is 17.2 Å². The molecule has 27 heavy (non-hydrogen) atoms. The second kappa shape index (κ2) is 6.79. The van der Waals surface area contributed by atoms with Crippen molar-refractivity contribution in [3.05, 3.63) is 69.3 Å². The first-order valence-corrected chi connectivity index (χ1v) is 7.74. The number of methoxy groups -OCH3 is 1. The van der Waals surface area contributed by atoms with Crippen LogP contribution in [0.3, 0.4) is 0 Å². The molecule has 0 saturated carbocycles. The number of phenolic OH excluding ortho intramolecular Hbond substituents is 1. The van der Waals surface area contributed by atoms with Crippen LogP contribution in [0.4, 0.5) is 11.4 Å². The number of benzene rings is 2. The van der Waals surface area contributed by atoms with E-state index in [0.717, 1.165) is 0 Å². The van der Waals surface area contributed by atoms with E-state index in [2.05, 4.69) is 5.32 Å². The number of nitrogens with one attached hydrogen (secondary N) is 1. The Labute approximate surface area is 153 Å². The van der Waals surface area contributed by atoms with Gasteiger partial charge in [-0.05, 0) is 36.8 Å². The number of nitrogens with zero attached hydrogens (tertiary/aromatic N) is 1. The van der Waals surface area contributed by atoms with Gasteiger partial charge in [0.1, 0.15) is 22.9 Å². The van der Waals surface area contributed by atoms with Crippen molar-refractivity contribution in [1.82, 2.24) is 0 Å². The van der Waals surface area contributed by atoms with Crippen molar-refractivity contribution in [1.29, 1.82) is 0 Å². The van der Waals surface area contributed by atoms with Crippen molar-refractivity contribution in [2.24, 2.45) is 0 Å². The molecular formula is C18H15N2O7-. The van der Waals surface area contributed by atoms with Gasteiger partial charge < -0.3 is 30.1 Å². The summed E-state index contributed by atoms with van der Waals surface area (Å²) in [7, 11) is 1.37. The van der Waals surface area contributed by atoms with Gasteiger partial charge in [-0.25, -0.2) is 0 Å². The zero-order chi connectivity index (χ0) is 19.7. The highest BCUT2D eigenvalue weighted by atomic mass is 16.6. The molecule has 0 aromatic heterocycles. The smallest absolute Gasteiger partial charge is 0.296 e. The number of aliphatic hydroxyl groups is 1. The fraction of sp³-hybridized carbons (Fsp3) is 0.111. The van der Waals surface area contributed by atoms with Crippen LogP contribution in [-0.4, -0.2) is 22.2 Å². The number of nitro benzene ring substituents is 1. The molecule has 9 heteroatoms. The maximum atomic E-state index is 12.5. The lowest BCUT2D eigenvalue weighted by Crippen LogP contribution is -2.19. The molecule has 3 rings (SSSR count). The molecule has 0 amide bonds. The van der Waals surface area contributed by atoms with Crippen LogP contribution in [-0.2, 0) is 0 Å². The van der Waals surface area contributed by atoms with Crippen molar-refractivity contribution in [2.45, 2.75) is 6.92 Å². The van der Waals surface area contributed by atoms with E-state index in [1.165, 1.54) is 50.4 Å². The molecule has 0 bridgehead atoms. The average Bonchev–Trinajstić information content (AvgIpc) is 2.64. The van der Waals surface area contributed by atoms with E-state index in [-0.39, 0.29) is 45.5 Å². The Bertz CT molecular complexity index is 995. The van der Waals surface area contributed by atoms with E-state index in [9.17, 15) is 25.4 Å². The molecule has 2 aromatic carbocycles. The predicted molar refractivity (Wildman–Crippen MR) is 94.3 cm³/mol. The summed E-state index contributed by atoms with van der Waals surface area (Å²) < 4.78 is 10.5. The molecule has 0 spiro atoms. The minimum atomic E-state index is -0.639. The van der Waals surface area contributed by atoms with Crippen LogP contribution in [0.1, 0.15) is 12.5 Å². The van der Waals surface area contributed by atoms with E-state index in [0.29, 0.717) is 0 Å². The van der Waals surface area contributed by atoms with Crippen LogP contribution in [0.15, 0.2) is 53.6 Å². The highest BCUT2D eigenvalue weighted by Crippen LogP contribution is 2.38. The summed E-state index contributed by atoms with van der Waals surface area (Å²) in [6.45, 7) is 1.45. The van der Waals surface area contributed by atoms with E-state index in [1.54, 1.807) is 0 Å². The molecular weight excluding hydrogens is 356 g/mol. The Morgan fingerprint density at radius 2 is 2.00 bits per heavy atom. The van der Waals surface area contributed by atoms with Crippen LogP contribution >= 0.6 is 0 Å². The van der Waals surface area contributed by atoms with Crippen molar-refractivity contribution in [3.8, 4) is 17.2 Å². The van der Waals surface area contributed by atoms with E-state index in [1.807, 2.05) is 0 Å². The van der Waals surface area contributed by atoms with Crippen LogP contribution in [0.25, 0.3) is 5.76 Å². The molecule has 0 aliphatic carbocycles. The van der Waals surface area contributed by atoms with Gasteiger partial charge in [-0.1, -0.05) is 5.76 Å². The number of hydrogen-bond acceptors (Lipinski definition) is 8. The number of fused-ring (bicyclic) bond motifs is 1. The lowest BCUT2D eigenvalue weighted by Gasteiger charge is -2.28. The number of rotatable bonds is 4. The summed E-state index contributed by atoms with van der Waals surface area (Å²) in [5, 5.41) is 46.2. The topological polar surface area (TPSA) is 137 Å². The van der Waals surface area contributed by atoms with Gasteiger partial charge >= 0.3 is 0 Å². The highest BCUT2D eigenvalue weighted by Gasteiger charge is 2.23. The van der Waals surface area contributed by atoms with Crippen LogP contribution in [0.2, 0.25) is 0 Å². The van der Waals surface area contributed by atoms with Gasteiger partial charge in [-0.3, -0.25) is 10.1 Å². The number of aliphatic hydroxyl groups excluding tert-OH is 1. The minimum absolute atomic E-state index is 0.0173. The van der Waals surface area contributed by atoms with Crippen LogP contribution in [0, 0.1) is 10.1 Å². The Kier molecular flexibility index (Phi) is 4.51. The standard InChI is InChI=1S/C18H16N2O7/c1-9-16(22)12-5-3-10(21)7-15(12)27-17(9)18(23)19-13-6-4-11(26-2)8-14(13)20(24)25/h3-8,19,21-23H,1-2H3/p-1. The first-order chi connectivity index (χ1) is 12.8. The summed E-state index contributed by atoms with van der Waals surface area (Å²) in [6, 6.07) is 8.02. The molecule has 9 nitrogen and oxygen atoms in total. The van der Waals surface area contributed by atoms with E-state index in [4.69, 9.17) is 9.47 Å². The SMILES string of the molecule is COc1ccc(NC(O)=C2Oc3cc(O)ccc3C([O-])=C2C)c([N+](=O)[O-])c1. The number of allylic oxidation sites excluding steroid dienone is 1. The van der Waals surface area contributed by atoms with Crippen molar-refractivity contribution in [2.75, 3.05) is 12.4 Å². The molecule has 0 saturated heterocycles. The van der Waals surface area contributed by atoms with Gasteiger partial charge in [-0.15, -0.1) is 0 Å². The second-order valence-corrected chi connectivity index (χ2v) is 5.68. The fourth-order valence-corrected chi connectivity index (χ4v) is 2.58. The molecule has 0 unspecified atom stereocenters. The van der Waals surface area contributed by atoms with Gasteiger partial charge in [0, 0.05) is 11.6 Å². The molecule has 0 radical (unpaired) electrons. The van der Waals surface area contributed by atoms with Gasteiger partial charge in [-0.2, -0.15) is 0 Å². The average molecular weight is 371 g/mol. The number of ether oxygens (including phenoxy) is 2. The Hall–Kier alpha value is -3.88. The first kappa shape index (κ1) is 17.9. The molecule has 1 aliphatic rings. The third-order valence-corrected chi connectivity index (χ3v) is 3.97. The number of anilines is 1. The maximum absolute atomic E-state index is 12.5. The molecule has 1 heterocycles. The normalized spacial score (nSPS) is 14.9. The molecule has 1 aliphatic heterocycles. The summed E-state index contributed by atoms with van der Waals surface area (Å²) in [4.78, 5) is 10.6.